The number of carbonyl (C=O) groups excluding carboxylic acids is 1. The lowest BCUT2D eigenvalue weighted by atomic mass is 9.97. The van der Waals surface area contributed by atoms with E-state index in [0.29, 0.717) is 22.7 Å². The van der Waals surface area contributed by atoms with Crippen LogP contribution in [0.1, 0.15) is 36.6 Å². The Morgan fingerprint density at radius 3 is 2.85 bits per heavy atom. The molecule has 4 rings (SSSR count). The number of rotatable bonds is 5. The summed E-state index contributed by atoms with van der Waals surface area (Å²) in [5.74, 6) is 0.125. The van der Waals surface area contributed by atoms with Gasteiger partial charge in [0.25, 0.3) is 5.56 Å². The van der Waals surface area contributed by atoms with Crippen LogP contribution in [0.4, 0.5) is 4.39 Å². The summed E-state index contributed by atoms with van der Waals surface area (Å²) < 4.78 is 15.9. The van der Waals surface area contributed by atoms with Crippen LogP contribution in [0.25, 0.3) is 15.9 Å². The summed E-state index contributed by atoms with van der Waals surface area (Å²) in [6, 6.07) is 6.25. The number of aryl methyl sites for hydroxylation is 2. The van der Waals surface area contributed by atoms with Gasteiger partial charge in [0.2, 0.25) is 0 Å². The second kappa shape index (κ2) is 7.56. The van der Waals surface area contributed by atoms with Gasteiger partial charge in [-0.05, 0) is 50.3 Å². The Balaban J connectivity index is 1.93. The molecule has 0 radical (unpaired) electrons. The minimum atomic E-state index is -0.460. The van der Waals surface area contributed by atoms with Gasteiger partial charge in [0, 0.05) is 17.1 Å². The number of carbonyl (C=O) groups is 1. The molecule has 0 bridgehead atoms. The molecule has 4 nitrogen and oxygen atoms in total. The van der Waals surface area contributed by atoms with Crippen molar-refractivity contribution in [2.75, 3.05) is 5.75 Å². The molecule has 7 heteroatoms. The standard InChI is InChI=1S/C20H19FN2O2S2/c1-12(24)10-11-26-20-22-18-17(13-6-2-5-9-16(13)27-18)19(25)23(20)15-8-4-3-7-14(15)21/h3-4,7-8H,2,5-6,9-11H2,1H3. The summed E-state index contributed by atoms with van der Waals surface area (Å²) in [6.07, 6.45) is 4.42. The van der Waals surface area contributed by atoms with Gasteiger partial charge in [-0.2, -0.15) is 0 Å². The molecule has 0 spiro atoms. The average molecular weight is 403 g/mol. The van der Waals surface area contributed by atoms with Crippen molar-refractivity contribution >= 4 is 39.1 Å². The fraction of sp³-hybridized carbons (Fsp3) is 0.350. The highest BCUT2D eigenvalue weighted by Gasteiger charge is 2.23. The molecule has 0 atom stereocenters. The van der Waals surface area contributed by atoms with E-state index in [9.17, 15) is 14.0 Å². The zero-order chi connectivity index (χ0) is 19.0. The molecule has 0 unspecified atom stereocenters. The van der Waals surface area contributed by atoms with Crippen molar-refractivity contribution in [3.63, 3.8) is 0 Å². The highest BCUT2D eigenvalue weighted by Crippen LogP contribution is 2.35. The molecule has 1 aromatic carbocycles. The second-order valence-corrected chi connectivity index (χ2v) is 8.82. The van der Waals surface area contributed by atoms with Gasteiger partial charge in [0.05, 0.1) is 11.1 Å². The lowest BCUT2D eigenvalue weighted by Gasteiger charge is -2.14. The van der Waals surface area contributed by atoms with Crippen molar-refractivity contribution in [3.8, 4) is 5.69 Å². The van der Waals surface area contributed by atoms with Crippen molar-refractivity contribution in [2.24, 2.45) is 0 Å². The first kappa shape index (κ1) is 18.4. The fourth-order valence-corrected chi connectivity index (χ4v) is 5.76. The molecule has 1 aliphatic carbocycles. The number of Topliss-reactive ketones (excluding diaryl/α,β-unsaturated/α-hetero) is 1. The van der Waals surface area contributed by atoms with Gasteiger partial charge in [-0.3, -0.25) is 14.2 Å². The van der Waals surface area contributed by atoms with Crippen LogP contribution >= 0.6 is 23.1 Å². The topological polar surface area (TPSA) is 52.0 Å². The largest absolute Gasteiger partial charge is 0.300 e. The Labute approximate surface area is 164 Å². The maximum Gasteiger partial charge on any atom is 0.267 e. The zero-order valence-corrected chi connectivity index (χ0v) is 16.6. The lowest BCUT2D eigenvalue weighted by molar-refractivity contribution is -0.116. The number of ketones is 1. The van der Waals surface area contributed by atoms with E-state index >= 15 is 0 Å². The third kappa shape index (κ3) is 3.46. The third-order valence-corrected chi connectivity index (χ3v) is 6.86. The Bertz CT molecular complexity index is 1090. The lowest BCUT2D eigenvalue weighted by Crippen LogP contribution is -2.23. The van der Waals surface area contributed by atoms with E-state index in [0.717, 1.165) is 36.1 Å². The minimum Gasteiger partial charge on any atom is -0.300 e. The highest BCUT2D eigenvalue weighted by atomic mass is 32.2. The smallest absolute Gasteiger partial charge is 0.267 e. The highest BCUT2D eigenvalue weighted by molar-refractivity contribution is 7.99. The molecule has 2 heterocycles. The molecule has 0 aliphatic heterocycles. The maximum atomic E-state index is 14.5. The number of hydrogen-bond acceptors (Lipinski definition) is 5. The predicted octanol–water partition coefficient (Wildman–Crippen LogP) is 4.54. The van der Waals surface area contributed by atoms with Crippen LogP contribution in [-0.2, 0) is 17.6 Å². The van der Waals surface area contributed by atoms with Crippen molar-refractivity contribution in [1.29, 1.82) is 0 Å². The number of fused-ring (bicyclic) bond motifs is 3. The first-order valence-electron chi connectivity index (χ1n) is 9.00. The molecule has 0 saturated heterocycles. The molecule has 0 amide bonds. The van der Waals surface area contributed by atoms with Crippen LogP contribution in [0.2, 0.25) is 0 Å². The SMILES string of the molecule is CC(=O)CCSc1nc2sc3c(c2c(=O)n1-c1ccccc1F)CCCC3. The van der Waals surface area contributed by atoms with Gasteiger partial charge in [0.1, 0.15) is 16.4 Å². The molecule has 1 aliphatic rings. The second-order valence-electron chi connectivity index (χ2n) is 6.68. The minimum absolute atomic E-state index is 0.0787. The molecule has 140 valence electrons. The number of thioether (sulfide) groups is 1. The molecule has 0 N–H and O–H groups in total. The molecule has 0 saturated carbocycles. The van der Waals surface area contributed by atoms with Gasteiger partial charge < -0.3 is 0 Å². The van der Waals surface area contributed by atoms with Crippen molar-refractivity contribution < 1.29 is 9.18 Å². The number of halogens is 1. The predicted molar refractivity (Wildman–Crippen MR) is 108 cm³/mol. The summed E-state index contributed by atoms with van der Waals surface area (Å²) in [4.78, 5) is 31.4. The average Bonchev–Trinajstić information content (AvgIpc) is 3.01. The Morgan fingerprint density at radius 2 is 2.07 bits per heavy atom. The van der Waals surface area contributed by atoms with Crippen LogP contribution in [0.5, 0.6) is 0 Å². The quantitative estimate of drug-likeness (QED) is 0.465. The summed E-state index contributed by atoms with van der Waals surface area (Å²) in [5, 5.41) is 1.08. The van der Waals surface area contributed by atoms with E-state index in [1.807, 2.05) is 0 Å². The van der Waals surface area contributed by atoms with Gasteiger partial charge in [0.15, 0.2) is 5.16 Å². The molecular formula is C20H19FN2O2S2. The van der Waals surface area contributed by atoms with Crippen LogP contribution < -0.4 is 5.56 Å². The Kier molecular flexibility index (Phi) is 5.14. The van der Waals surface area contributed by atoms with E-state index in [-0.39, 0.29) is 17.0 Å². The Morgan fingerprint density at radius 1 is 1.30 bits per heavy atom. The molecule has 0 fully saturated rings. The van der Waals surface area contributed by atoms with Crippen LogP contribution in [0.15, 0.2) is 34.2 Å². The number of nitrogens with zero attached hydrogens (tertiary/aromatic N) is 2. The van der Waals surface area contributed by atoms with Gasteiger partial charge in [-0.15, -0.1) is 11.3 Å². The van der Waals surface area contributed by atoms with Gasteiger partial charge >= 0.3 is 0 Å². The normalized spacial score (nSPS) is 13.7. The van der Waals surface area contributed by atoms with E-state index in [4.69, 9.17) is 4.98 Å². The molecule has 2 aromatic heterocycles. The first-order valence-corrected chi connectivity index (χ1v) is 10.8. The van der Waals surface area contributed by atoms with Gasteiger partial charge in [-0.25, -0.2) is 9.37 Å². The first-order chi connectivity index (χ1) is 13.1. The number of aromatic nitrogens is 2. The van der Waals surface area contributed by atoms with Crippen LogP contribution in [-0.4, -0.2) is 21.1 Å². The van der Waals surface area contributed by atoms with E-state index in [2.05, 4.69) is 0 Å². The van der Waals surface area contributed by atoms with Crippen molar-refractivity contribution in [3.05, 3.63) is 50.9 Å². The van der Waals surface area contributed by atoms with E-state index in [1.165, 1.54) is 34.2 Å². The van der Waals surface area contributed by atoms with E-state index in [1.54, 1.807) is 29.5 Å². The third-order valence-electron chi connectivity index (χ3n) is 4.74. The Hall–Kier alpha value is -1.99. The number of thiophene rings is 1. The summed E-state index contributed by atoms with van der Waals surface area (Å²) in [5.41, 5.74) is 1.08. The number of benzene rings is 1. The van der Waals surface area contributed by atoms with Gasteiger partial charge in [-0.1, -0.05) is 23.9 Å². The monoisotopic (exact) mass is 402 g/mol. The number of hydrogen-bond donors (Lipinski definition) is 0. The summed E-state index contributed by atoms with van der Waals surface area (Å²) >= 11 is 2.90. The maximum absolute atomic E-state index is 14.5. The van der Waals surface area contributed by atoms with Crippen molar-refractivity contribution in [2.45, 2.75) is 44.2 Å². The summed E-state index contributed by atoms with van der Waals surface area (Å²) in [7, 11) is 0. The zero-order valence-electron chi connectivity index (χ0n) is 15.0. The van der Waals surface area contributed by atoms with Crippen LogP contribution in [0.3, 0.4) is 0 Å². The summed E-state index contributed by atoms with van der Waals surface area (Å²) in [6.45, 7) is 1.54. The molecular weight excluding hydrogens is 383 g/mol. The molecule has 3 aromatic rings. The molecule has 27 heavy (non-hydrogen) atoms. The fourth-order valence-electron chi connectivity index (χ4n) is 3.41. The van der Waals surface area contributed by atoms with Crippen molar-refractivity contribution in [1.82, 2.24) is 9.55 Å². The van der Waals surface area contributed by atoms with Crippen LogP contribution in [0, 0.1) is 5.82 Å². The van der Waals surface area contributed by atoms with E-state index < -0.39 is 5.82 Å². The number of para-hydroxylation sites is 1.